The van der Waals surface area contributed by atoms with Gasteiger partial charge in [0.05, 0.1) is 28.1 Å². The molecule has 32 heavy (non-hydrogen) atoms. The van der Waals surface area contributed by atoms with Crippen molar-refractivity contribution in [2.75, 3.05) is 0 Å². The molecule has 8 heteroatoms. The summed E-state index contributed by atoms with van der Waals surface area (Å²) >= 11 is 0. The number of benzene rings is 1. The van der Waals surface area contributed by atoms with Gasteiger partial charge >= 0.3 is 0 Å². The molecule has 4 aromatic rings. The van der Waals surface area contributed by atoms with Crippen LogP contribution in [-0.2, 0) is 5.41 Å². The van der Waals surface area contributed by atoms with Crippen LogP contribution in [0.15, 0.2) is 55.2 Å². The minimum Gasteiger partial charge on any atom is -0.274 e. The summed E-state index contributed by atoms with van der Waals surface area (Å²) in [5, 5.41) is 8.86. The van der Waals surface area contributed by atoms with E-state index in [-0.39, 0.29) is 22.6 Å². The van der Waals surface area contributed by atoms with Crippen LogP contribution in [0.3, 0.4) is 0 Å². The van der Waals surface area contributed by atoms with Gasteiger partial charge in [0.25, 0.3) is 0 Å². The van der Waals surface area contributed by atoms with E-state index in [0.717, 1.165) is 29.8 Å². The molecule has 6 nitrogen and oxygen atoms in total. The summed E-state index contributed by atoms with van der Waals surface area (Å²) in [6.07, 6.45) is 8.72. The highest BCUT2D eigenvalue weighted by atomic mass is 19.1. The van der Waals surface area contributed by atoms with Crippen LogP contribution in [0.4, 0.5) is 8.78 Å². The van der Waals surface area contributed by atoms with Crippen molar-refractivity contribution in [1.29, 1.82) is 0 Å². The largest absolute Gasteiger partial charge is 0.274 e. The molecule has 0 unspecified atom stereocenters. The van der Waals surface area contributed by atoms with Gasteiger partial charge in [0, 0.05) is 18.6 Å². The smallest absolute Gasteiger partial charge is 0.235 e. The maximum Gasteiger partial charge on any atom is 0.235 e. The highest BCUT2D eigenvalue weighted by Crippen LogP contribution is 2.69. The Kier molecular flexibility index (Phi) is 3.88. The predicted octanol–water partition coefficient (Wildman–Crippen LogP) is 4.60. The van der Waals surface area contributed by atoms with Crippen LogP contribution in [0.1, 0.15) is 49.6 Å². The van der Waals surface area contributed by atoms with Gasteiger partial charge in [-0.2, -0.15) is 5.10 Å². The fraction of sp³-hybridized carbons (Fsp3) is 0.292. The second kappa shape index (κ2) is 6.48. The van der Waals surface area contributed by atoms with E-state index in [1.54, 1.807) is 29.5 Å². The minimum atomic E-state index is -0.642. The molecule has 3 heterocycles. The summed E-state index contributed by atoms with van der Waals surface area (Å²) in [4.78, 5) is 13.4. The fourth-order valence-electron chi connectivity index (χ4n) is 5.84. The highest BCUT2D eigenvalue weighted by Gasteiger charge is 2.65. The molecular weight excluding hydrogens is 410 g/mol. The standard InChI is InChI=1S/C24H20F2N6/c1-23(2)15-6-8-24(23,19-7-9-28-22(29-19)32-11-10-27-13-32)21-14(15)12-18(30-31-21)20-16(25)4-3-5-17(20)26/h3-5,7,9-13,15H,6,8H2,1-2H3/t15-,24+/m0/s1. The van der Waals surface area contributed by atoms with E-state index in [9.17, 15) is 8.78 Å². The average Bonchev–Trinajstić information content (AvgIpc) is 3.45. The molecule has 160 valence electrons. The predicted molar refractivity (Wildman–Crippen MR) is 113 cm³/mol. The Balaban J connectivity index is 1.54. The number of imidazole rings is 1. The molecule has 0 amide bonds. The third-order valence-corrected chi connectivity index (χ3v) is 7.42. The van der Waals surface area contributed by atoms with Crippen molar-refractivity contribution in [3.63, 3.8) is 0 Å². The van der Waals surface area contributed by atoms with E-state index in [1.807, 2.05) is 12.1 Å². The van der Waals surface area contributed by atoms with Crippen molar-refractivity contribution in [3.05, 3.63) is 83.8 Å². The normalized spacial score (nSPS) is 22.8. The molecule has 2 aliphatic carbocycles. The number of hydrogen-bond acceptors (Lipinski definition) is 5. The van der Waals surface area contributed by atoms with Gasteiger partial charge in [-0.05, 0) is 54.0 Å². The van der Waals surface area contributed by atoms with Crippen molar-refractivity contribution in [3.8, 4) is 17.2 Å². The molecule has 0 radical (unpaired) electrons. The Morgan fingerprint density at radius 3 is 2.62 bits per heavy atom. The van der Waals surface area contributed by atoms with Crippen molar-refractivity contribution < 1.29 is 8.78 Å². The lowest BCUT2D eigenvalue weighted by molar-refractivity contribution is 0.242. The quantitative estimate of drug-likeness (QED) is 0.475. The van der Waals surface area contributed by atoms with E-state index in [4.69, 9.17) is 4.98 Å². The molecule has 1 aromatic carbocycles. The number of aromatic nitrogens is 6. The summed E-state index contributed by atoms with van der Waals surface area (Å²) < 4.78 is 30.6. The number of halogens is 2. The zero-order valence-corrected chi connectivity index (χ0v) is 17.6. The molecule has 0 aliphatic heterocycles. The van der Waals surface area contributed by atoms with Gasteiger partial charge in [0.1, 0.15) is 18.0 Å². The van der Waals surface area contributed by atoms with E-state index >= 15 is 0 Å². The third-order valence-electron chi connectivity index (χ3n) is 7.42. The topological polar surface area (TPSA) is 69.4 Å². The zero-order valence-electron chi connectivity index (χ0n) is 17.6. The Labute approximate surface area is 183 Å². The number of nitrogens with zero attached hydrogens (tertiary/aromatic N) is 6. The van der Waals surface area contributed by atoms with Crippen LogP contribution in [0.25, 0.3) is 17.2 Å². The lowest BCUT2D eigenvalue weighted by Crippen LogP contribution is -2.38. The van der Waals surface area contributed by atoms with Crippen molar-refractivity contribution in [2.45, 2.75) is 38.0 Å². The van der Waals surface area contributed by atoms with E-state index in [1.165, 1.54) is 18.2 Å². The highest BCUT2D eigenvalue weighted by molar-refractivity contribution is 5.64. The zero-order chi connectivity index (χ0) is 22.1. The van der Waals surface area contributed by atoms with Crippen LogP contribution in [0.5, 0.6) is 0 Å². The maximum absolute atomic E-state index is 14.4. The SMILES string of the molecule is CC1(C)[C@H]2CC[C@@]1(c1ccnc(-n3ccnc3)n1)c1nnc(-c3c(F)cccc3F)cc12. The average molecular weight is 430 g/mol. The second-order valence-corrected chi connectivity index (χ2v) is 9.06. The first kappa shape index (κ1) is 19.2. The van der Waals surface area contributed by atoms with Crippen molar-refractivity contribution >= 4 is 0 Å². The van der Waals surface area contributed by atoms with Gasteiger partial charge in [-0.1, -0.05) is 19.9 Å². The van der Waals surface area contributed by atoms with Crippen LogP contribution in [-0.4, -0.2) is 29.7 Å². The molecule has 3 aromatic heterocycles. The number of hydrogen-bond donors (Lipinski definition) is 0. The summed E-state index contributed by atoms with van der Waals surface area (Å²) in [5.41, 5.74) is 2.15. The minimum absolute atomic E-state index is 0.137. The summed E-state index contributed by atoms with van der Waals surface area (Å²) in [6.45, 7) is 4.43. The molecule has 1 saturated carbocycles. The summed E-state index contributed by atoms with van der Waals surface area (Å²) in [7, 11) is 0. The maximum atomic E-state index is 14.4. The van der Waals surface area contributed by atoms with Crippen LogP contribution in [0, 0.1) is 17.0 Å². The molecule has 0 saturated heterocycles. The Morgan fingerprint density at radius 2 is 1.88 bits per heavy atom. The van der Waals surface area contributed by atoms with Crippen LogP contribution < -0.4 is 0 Å². The molecule has 1 fully saturated rings. The third kappa shape index (κ3) is 2.35. The van der Waals surface area contributed by atoms with E-state index < -0.39 is 17.0 Å². The molecule has 0 spiro atoms. The summed E-state index contributed by atoms with van der Waals surface area (Å²) in [5.74, 6) is -0.553. The van der Waals surface area contributed by atoms with Crippen LogP contribution >= 0.6 is 0 Å². The van der Waals surface area contributed by atoms with Gasteiger partial charge < -0.3 is 0 Å². The molecule has 6 rings (SSSR count). The molecular formula is C24H20F2N6. The molecule has 2 bridgehead atoms. The van der Waals surface area contributed by atoms with Gasteiger partial charge in [0.2, 0.25) is 5.95 Å². The Morgan fingerprint density at radius 1 is 1.06 bits per heavy atom. The number of fused-ring (bicyclic) bond motifs is 5. The van der Waals surface area contributed by atoms with E-state index in [2.05, 4.69) is 34.0 Å². The Hall–Kier alpha value is -3.55. The van der Waals surface area contributed by atoms with E-state index in [0.29, 0.717) is 5.95 Å². The van der Waals surface area contributed by atoms with Gasteiger partial charge in [-0.3, -0.25) is 4.57 Å². The monoisotopic (exact) mass is 430 g/mol. The first-order chi connectivity index (χ1) is 15.4. The first-order valence-corrected chi connectivity index (χ1v) is 10.6. The fourth-order valence-corrected chi connectivity index (χ4v) is 5.84. The molecule has 2 atom stereocenters. The second-order valence-electron chi connectivity index (χ2n) is 9.06. The summed E-state index contributed by atoms with van der Waals surface area (Å²) in [6, 6.07) is 7.58. The lowest BCUT2D eigenvalue weighted by atomic mass is 9.66. The molecule has 2 aliphatic rings. The van der Waals surface area contributed by atoms with Gasteiger partial charge in [-0.25, -0.2) is 23.7 Å². The van der Waals surface area contributed by atoms with Crippen molar-refractivity contribution in [2.24, 2.45) is 5.41 Å². The lowest BCUT2D eigenvalue weighted by Gasteiger charge is -2.37. The van der Waals surface area contributed by atoms with Crippen molar-refractivity contribution in [1.82, 2.24) is 29.7 Å². The molecule has 0 N–H and O–H groups in total. The van der Waals surface area contributed by atoms with Crippen LogP contribution in [0.2, 0.25) is 0 Å². The Bertz CT molecular complexity index is 1330. The van der Waals surface area contributed by atoms with Gasteiger partial charge in [-0.15, -0.1) is 5.10 Å². The number of rotatable bonds is 3. The first-order valence-electron chi connectivity index (χ1n) is 10.6. The van der Waals surface area contributed by atoms with Gasteiger partial charge in [0.15, 0.2) is 0 Å².